The Kier molecular flexibility index (Phi) is 5.86. The standard InChI is InChI=1S/C17H23N3O2S2/c1-13(2)10-22-17(21)20-6-4-19(5-7-20)9-15-12-24-16(18-15)14-3-8-23-11-14/h3,8,11-13H,4-7,9-10H2,1-2H3. The van der Waals surface area contributed by atoms with Crippen molar-refractivity contribution in [3.63, 3.8) is 0 Å². The summed E-state index contributed by atoms with van der Waals surface area (Å²) in [5.41, 5.74) is 2.31. The molecule has 5 nitrogen and oxygen atoms in total. The van der Waals surface area contributed by atoms with Crippen LogP contribution in [0.2, 0.25) is 0 Å². The molecule has 2 aromatic heterocycles. The van der Waals surface area contributed by atoms with Crippen molar-refractivity contribution in [3.05, 3.63) is 27.9 Å². The van der Waals surface area contributed by atoms with E-state index >= 15 is 0 Å². The van der Waals surface area contributed by atoms with Gasteiger partial charge >= 0.3 is 6.09 Å². The highest BCUT2D eigenvalue weighted by Gasteiger charge is 2.22. The zero-order valence-electron chi connectivity index (χ0n) is 14.1. The Bertz CT molecular complexity index is 647. The van der Waals surface area contributed by atoms with E-state index in [0.717, 1.165) is 43.4 Å². The van der Waals surface area contributed by atoms with Gasteiger partial charge in [-0.15, -0.1) is 11.3 Å². The fraction of sp³-hybridized carbons (Fsp3) is 0.529. The highest BCUT2D eigenvalue weighted by molar-refractivity contribution is 7.14. The number of hydrogen-bond donors (Lipinski definition) is 0. The first-order chi connectivity index (χ1) is 11.6. The minimum atomic E-state index is -0.184. The maximum atomic E-state index is 12.0. The Morgan fingerprint density at radius 1 is 1.29 bits per heavy atom. The van der Waals surface area contributed by atoms with Gasteiger partial charge in [-0.2, -0.15) is 11.3 Å². The lowest BCUT2D eigenvalue weighted by Crippen LogP contribution is -2.48. The van der Waals surface area contributed by atoms with Crippen LogP contribution in [0.25, 0.3) is 10.6 Å². The summed E-state index contributed by atoms with van der Waals surface area (Å²) in [6, 6.07) is 2.11. The number of aromatic nitrogens is 1. The number of amides is 1. The van der Waals surface area contributed by atoms with E-state index in [1.807, 2.05) is 13.8 Å². The normalized spacial score (nSPS) is 15.9. The van der Waals surface area contributed by atoms with Crippen LogP contribution in [0, 0.1) is 5.92 Å². The summed E-state index contributed by atoms with van der Waals surface area (Å²) in [6.45, 7) is 8.59. The number of thiophene rings is 1. The minimum absolute atomic E-state index is 0.184. The van der Waals surface area contributed by atoms with Crippen molar-refractivity contribution < 1.29 is 9.53 Å². The van der Waals surface area contributed by atoms with E-state index in [0.29, 0.717) is 12.5 Å². The van der Waals surface area contributed by atoms with Crippen LogP contribution in [-0.2, 0) is 11.3 Å². The highest BCUT2D eigenvalue weighted by Crippen LogP contribution is 2.26. The SMILES string of the molecule is CC(C)COC(=O)N1CCN(Cc2csc(-c3ccsc3)n2)CC1. The van der Waals surface area contributed by atoms with Gasteiger partial charge in [0.15, 0.2) is 0 Å². The molecule has 3 rings (SSSR count). The molecule has 1 aliphatic heterocycles. The summed E-state index contributed by atoms with van der Waals surface area (Å²) in [6.07, 6.45) is -0.184. The van der Waals surface area contributed by atoms with E-state index in [2.05, 4.69) is 27.1 Å². The average molecular weight is 366 g/mol. The quantitative estimate of drug-likeness (QED) is 0.809. The maximum Gasteiger partial charge on any atom is 0.409 e. The third-order valence-corrected chi connectivity index (χ3v) is 5.50. The lowest BCUT2D eigenvalue weighted by atomic mass is 10.2. The van der Waals surface area contributed by atoms with Crippen LogP contribution < -0.4 is 0 Å². The van der Waals surface area contributed by atoms with Crippen molar-refractivity contribution in [1.29, 1.82) is 0 Å². The number of hydrogen-bond acceptors (Lipinski definition) is 6. The van der Waals surface area contributed by atoms with Crippen molar-refractivity contribution in [2.75, 3.05) is 32.8 Å². The van der Waals surface area contributed by atoms with Gasteiger partial charge in [0.1, 0.15) is 5.01 Å². The molecule has 1 amide bonds. The molecule has 0 aromatic carbocycles. The number of carbonyl (C=O) groups is 1. The molecule has 1 aliphatic rings. The van der Waals surface area contributed by atoms with Gasteiger partial charge in [0.2, 0.25) is 0 Å². The van der Waals surface area contributed by atoms with Gasteiger partial charge in [0, 0.05) is 49.0 Å². The lowest BCUT2D eigenvalue weighted by Gasteiger charge is -2.33. The Morgan fingerprint density at radius 2 is 2.08 bits per heavy atom. The second-order valence-electron chi connectivity index (χ2n) is 6.39. The molecule has 2 aromatic rings. The summed E-state index contributed by atoms with van der Waals surface area (Å²) < 4.78 is 5.30. The molecule has 3 heterocycles. The first-order valence-corrected chi connectivity index (χ1v) is 10.0. The molecule has 0 radical (unpaired) electrons. The smallest absolute Gasteiger partial charge is 0.409 e. The second-order valence-corrected chi connectivity index (χ2v) is 8.03. The molecular formula is C17H23N3O2S2. The number of carbonyl (C=O) groups excluding carboxylic acids is 1. The zero-order valence-corrected chi connectivity index (χ0v) is 15.7. The van der Waals surface area contributed by atoms with Crippen LogP contribution in [0.1, 0.15) is 19.5 Å². The number of thiazole rings is 1. The van der Waals surface area contributed by atoms with E-state index in [4.69, 9.17) is 9.72 Å². The molecule has 7 heteroatoms. The fourth-order valence-corrected chi connectivity index (χ4v) is 4.07. The van der Waals surface area contributed by atoms with Gasteiger partial charge in [0.25, 0.3) is 0 Å². The summed E-state index contributed by atoms with van der Waals surface area (Å²) in [7, 11) is 0. The van der Waals surface area contributed by atoms with Gasteiger partial charge in [-0.3, -0.25) is 4.90 Å². The first-order valence-electron chi connectivity index (χ1n) is 8.23. The van der Waals surface area contributed by atoms with Gasteiger partial charge in [-0.25, -0.2) is 9.78 Å². The van der Waals surface area contributed by atoms with Crippen molar-refractivity contribution in [2.45, 2.75) is 20.4 Å². The minimum Gasteiger partial charge on any atom is -0.449 e. The number of nitrogens with zero attached hydrogens (tertiary/aromatic N) is 3. The molecule has 0 atom stereocenters. The van der Waals surface area contributed by atoms with Crippen LogP contribution >= 0.6 is 22.7 Å². The van der Waals surface area contributed by atoms with Crippen molar-refractivity contribution >= 4 is 28.8 Å². The molecular weight excluding hydrogens is 342 g/mol. The van der Waals surface area contributed by atoms with Gasteiger partial charge in [0.05, 0.1) is 12.3 Å². The van der Waals surface area contributed by atoms with E-state index < -0.39 is 0 Å². The molecule has 0 N–H and O–H groups in total. The summed E-state index contributed by atoms with van der Waals surface area (Å²) in [5.74, 6) is 0.373. The average Bonchev–Trinajstić information content (AvgIpc) is 3.24. The van der Waals surface area contributed by atoms with E-state index in [-0.39, 0.29) is 6.09 Å². The molecule has 1 saturated heterocycles. The van der Waals surface area contributed by atoms with Crippen molar-refractivity contribution in [2.24, 2.45) is 5.92 Å². The second kappa shape index (κ2) is 8.09. The van der Waals surface area contributed by atoms with Crippen LogP contribution in [0.5, 0.6) is 0 Å². The third-order valence-electron chi connectivity index (χ3n) is 3.88. The predicted molar refractivity (Wildman–Crippen MR) is 98.5 cm³/mol. The van der Waals surface area contributed by atoms with Crippen LogP contribution in [0.4, 0.5) is 4.79 Å². The molecule has 0 saturated carbocycles. The third kappa shape index (κ3) is 4.55. The van der Waals surface area contributed by atoms with Gasteiger partial charge < -0.3 is 9.64 Å². The first kappa shape index (κ1) is 17.4. The zero-order chi connectivity index (χ0) is 16.9. The van der Waals surface area contributed by atoms with Gasteiger partial charge in [-0.05, 0) is 17.4 Å². The largest absolute Gasteiger partial charge is 0.449 e. The molecule has 0 aliphatic carbocycles. The molecule has 0 bridgehead atoms. The Labute approximate surface area is 150 Å². The van der Waals surface area contributed by atoms with E-state index in [9.17, 15) is 4.79 Å². The van der Waals surface area contributed by atoms with E-state index in [1.54, 1.807) is 27.6 Å². The van der Waals surface area contributed by atoms with Gasteiger partial charge in [-0.1, -0.05) is 13.8 Å². The molecule has 1 fully saturated rings. The maximum absolute atomic E-state index is 12.0. The van der Waals surface area contributed by atoms with Crippen LogP contribution in [0.3, 0.4) is 0 Å². The molecule has 0 spiro atoms. The van der Waals surface area contributed by atoms with Crippen LogP contribution in [0.15, 0.2) is 22.2 Å². The Balaban J connectivity index is 1.46. The highest BCUT2D eigenvalue weighted by atomic mass is 32.1. The molecule has 24 heavy (non-hydrogen) atoms. The predicted octanol–water partition coefficient (Wildman–Crippen LogP) is 3.78. The monoisotopic (exact) mass is 365 g/mol. The topological polar surface area (TPSA) is 45.7 Å². The Hall–Kier alpha value is -1.44. The number of ether oxygens (including phenoxy) is 1. The number of rotatable bonds is 5. The molecule has 130 valence electrons. The summed E-state index contributed by atoms with van der Waals surface area (Å²) in [5, 5.41) is 7.43. The lowest BCUT2D eigenvalue weighted by molar-refractivity contribution is 0.0674. The Morgan fingerprint density at radius 3 is 2.75 bits per heavy atom. The summed E-state index contributed by atoms with van der Waals surface area (Å²) >= 11 is 3.39. The fourth-order valence-electron chi connectivity index (χ4n) is 2.55. The number of piperazine rings is 1. The summed E-state index contributed by atoms with van der Waals surface area (Å²) in [4.78, 5) is 20.9. The van der Waals surface area contributed by atoms with Crippen molar-refractivity contribution in [3.8, 4) is 10.6 Å². The molecule has 0 unspecified atom stereocenters. The van der Waals surface area contributed by atoms with Crippen LogP contribution in [-0.4, -0.2) is 53.7 Å². The van der Waals surface area contributed by atoms with E-state index in [1.165, 1.54) is 5.56 Å². The van der Waals surface area contributed by atoms with Crippen molar-refractivity contribution in [1.82, 2.24) is 14.8 Å².